The summed E-state index contributed by atoms with van der Waals surface area (Å²) >= 11 is 0. The number of carbonyl (C=O) groups excluding carboxylic acids is 1. The molecule has 0 aliphatic carbocycles. The van der Waals surface area contributed by atoms with Gasteiger partial charge in [0.15, 0.2) is 0 Å². The SMILES string of the molecule is CC(C)=CCC/C(C)=C/CCC(C=O)CC(=O)O. The van der Waals surface area contributed by atoms with E-state index in [1.54, 1.807) is 0 Å². The van der Waals surface area contributed by atoms with Gasteiger partial charge in [0.05, 0.1) is 6.42 Å². The number of aldehydes is 1. The van der Waals surface area contributed by atoms with Crippen LogP contribution in [0.15, 0.2) is 23.3 Å². The second-order valence-corrected chi connectivity index (χ2v) is 4.94. The van der Waals surface area contributed by atoms with Crippen molar-refractivity contribution in [2.75, 3.05) is 0 Å². The summed E-state index contributed by atoms with van der Waals surface area (Å²) < 4.78 is 0. The lowest BCUT2D eigenvalue weighted by atomic mass is 9.99. The Labute approximate surface area is 110 Å². The highest BCUT2D eigenvalue weighted by Crippen LogP contribution is 2.13. The minimum atomic E-state index is -0.906. The number of hydrogen-bond donors (Lipinski definition) is 1. The smallest absolute Gasteiger partial charge is 0.304 e. The van der Waals surface area contributed by atoms with Gasteiger partial charge in [0.25, 0.3) is 0 Å². The predicted octanol–water partition coefficient (Wildman–Crippen LogP) is 3.75. The van der Waals surface area contributed by atoms with Crippen LogP contribution < -0.4 is 0 Å². The summed E-state index contributed by atoms with van der Waals surface area (Å²) in [6.07, 6.45) is 8.46. The number of carbonyl (C=O) groups is 2. The number of allylic oxidation sites excluding steroid dienone is 4. The third-order valence-electron chi connectivity index (χ3n) is 2.75. The van der Waals surface area contributed by atoms with Crippen molar-refractivity contribution in [2.45, 2.75) is 52.9 Å². The average Bonchev–Trinajstić information content (AvgIpc) is 2.26. The van der Waals surface area contributed by atoms with E-state index >= 15 is 0 Å². The first-order chi connectivity index (χ1) is 8.45. The number of aliphatic carboxylic acids is 1. The van der Waals surface area contributed by atoms with Crippen molar-refractivity contribution in [3.8, 4) is 0 Å². The van der Waals surface area contributed by atoms with Gasteiger partial charge in [-0.15, -0.1) is 0 Å². The van der Waals surface area contributed by atoms with Crippen molar-refractivity contribution in [2.24, 2.45) is 5.92 Å². The van der Waals surface area contributed by atoms with Crippen LogP contribution in [0.2, 0.25) is 0 Å². The third-order valence-corrected chi connectivity index (χ3v) is 2.75. The van der Waals surface area contributed by atoms with Crippen LogP contribution in [0.4, 0.5) is 0 Å². The quantitative estimate of drug-likeness (QED) is 0.502. The fraction of sp³-hybridized carbons (Fsp3) is 0.600. The molecule has 0 rings (SSSR count). The summed E-state index contributed by atoms with van der Waals surface area (Å²) in [6.45, 7) is 6.24. The van der Waals surface area contributed by atoms with Gasteiger partial charge in [0, 0.05) is 5.92 Å². The second-order valence-electron chi connectivity index (χ2n) is 4.94. The molecule has 0 aromatic heterocycles. The number of carboxylic acid groups (broad SMARTS) is 1. The van der Waals surface area contributed by atoms with Crippen molar-refractivity contribution >= 4 is 12.3 Å². The second kappa shape index (κ2) is 9.63. The molecule has 0 heterocycles. The van der Waals surface area contributed by atoms with Crippen LogP contribution in [-0.2, 0) is 9.59 Å². The number of hydrogen-bond acceptors (Lipinski definition) is 2. The van der Waals surface area contributed by atoms with Crippen LogP contribution in [0, 0.1) is 5.92 Å². The molecule has 0 aromatic rings. The molecule has 0 aliphatic heterocycles. The molecular formula is C15H24O3. The normalized spacial score (nSPS) is 12.9. The van der Waals surface area contributed by atoms with Crippen LogP contribution >= 0.6 is 0 Å². The molecule has 3 heteroatoms. The summed E-state index contributed by atoms with van der Waals surface area (Å²) in [7, 11) is 0. The Morgan fingerprint density at radius 3 is 2.33 bits per heavy atom. The van der Waals surface area contributed by atoms with Gasteiger partial charge in [-0.25, -0.2) is 0 Å². The number of rotatable bonds is 9. The Morgan fingerprint density at radius 1 is 1.17 bits per heavy atom. The highest BCUT2D eigenvalue weighted by molar-refractivity contribution is 5.71. The zero-order chi connectivity index (χ0) is 14.0. The highest BCUT2D eigenvalue weighted by Gasteiger charge is 2.10. The van der Waals surface area contributed by atoms with Gasteiger partial charge < -0.3 is 9.90 Å². The van der Waals surface area contributed by atoms with E-state index in [2.05, 4.69) is 32.9 Å². The van der Waals surface area contributed by atoms with Gasteiger partial charge >= 0.3 is 5.97 Å². The van der Waals surface area contributed by atoms with Crippen LogP contribution in [0.25, 0.3) is 0 Å². The Hall–Kier alpha value is -1.38. The van der Waals surface area contributed by atoms with Crippen molar-refractivity contribution in [1.29, 1.82) is 0 Å². The first-order valence-electron chi connectivity index (χ1n) is 6.41. The van der Waals surface area contributed by atoms with E-state index in [9.17, 15) is 9.59 Å². The van der Waals surface area contributed by atoms with Crippen LogP contribution in [0.1, 0.15) is 52.9 Å². The Morgan fingerprint density at radius 2 is 1.83 bits per heavy atom. The third kappa shape index (κ3) is 9.82. The molecule has 0 saturated carbocycles. The minimum Gasteiger partial charge on any atom is -0.481 e. The predicted molar refractivity (Wildman–Crippen MR) is 73.5 cm³/mol. The van der Waals surface area contributed by atoms with Crippen molar-refractivity contribution < 1.29 is 14.7 Å². The monoisotopic (exact) mass is 252 g/mol. The van der Waals surface area contributed by atoms with E-state index in [1.165, 1.54) is 11.1 Å². The van der Waals surface area contributed by atoms with Crippen molar-refractivity contribution in [3.05, 3.63) is 23.3 Å². The van der Waals surface area contributed by atoms with Crippen LogP contribution in [0.5, 0.6) is 0 Å². The molecule has 1 atom stereocenters. The molecule has 3 nitrogen and oxygen atoms in total. The highest BCUT2D eigenvalue weighted by atomic mass is 16.4. The van der Waals surface area contributed by atoms with E-state index in [-0.39, 0.29) is 12.3 Å². The average molecular weight is 252 g/mol. The summed E-state index contributed by atoms with van der Waals surface area (Å²) in [6, 6.07) is 0. The molecule has 0 saturated heterocycles. The van der Waals surface area contributed by atoms with E-state index < -0.39 is 5.97 Å². The molecule has 18 heavy (non-hydrogen) atoms. The first kappa shape index (κ1) is 16.6. The van der Waals surface area contributed by atoms with Gasteiger partial charge in [-0.3, -0.25) is 4.79 Å². The summed E-state index contributed by atoms with van der Waals surface area (Å²) in [5, 5.41) is 8.61. The molecule has 0 aliphatic rings. The van der Waals surface area contributed by atoms with Crippen molar-refractivity contribution in [3.63, 3.8) is 0 Å². The molecule has 0 fully saturated rings. The fourth-order valence-corrected chi connectivity index (χ4v) is 1.68. The lowest BCUT2D eigenvalue weighted by molar-refractivity contribution is -0.139. The molecule has 0 radical (unpaired) electrons. The van der Waals surface area contributed by atoms with E-state index in [0.29, 0.717) is 6.42 Å². The largest absolute Gasteiger partial charge is 0.481 e. The Bertz CT molecular complexity index is 323. The van der Waals surface area contributed by atoms with Gasteiger partial charge in [-0.05, 0) is 46.5 Å². The van der Waals surface area contributed by atoms with Gasteiger partial charge in [0.1, 0.15) is 6.29 Å². The molecular weight excluding hydrogens is 228 g/mol. The lowest BCUT2D eigenvalue weighted by Gasteiger charge is -2.05. The zero-order valence-electron chi connectivity index (χ0n) is 11.6. The Kier molecular flexibility index (Phi) is 8.89. The zero-order valence-corrected chi connectivity index (χ0v) is 11.6. The lowest BCUT2D eigenvalue weighted by Crippen LogP contribution is -2.08. The molecule has 1 unspecified atom stereocenters. The first-order valence-corrected chi connectivity index (χ1v) is 6.41. The van der Waals surface area contributed by atoms with Crippen molar-refractivity contribution in [1.82, 2.24) is 0 Å². The van der Waals surface area contributed by atoms with E-state index in [4.69, 9.17) is 5.11 Å². The molecule has 0 amide bonds. The van der Waals surface area contributed by atoms with Crippen LogP contribution in [-0.4, -0.2) is 17.4 Å². The molecule has 0 aromatic carbocycles. The summed E-state index contributed by atoms with van der Waals surface area (Å²) in [5.41, 5.74) is 2.62. The molecule has 102 valence electrons. The molecule has 0 bridgehead atoms. The number of carboxylic acids is 1. The van der Waals surface area contributed by atoms with Gasteiger partial charge in [0.2, 0.25) is 0 Å². The van der Waals surface area contributed by atoms with Crippen LogP contribution in [0.3, 0.4) is 0 Å². The summed E-state index contributed by atoms with van der Waals surface area (Å²) in [5.74, 6) is -1.26. The van der Waals surface area contributed by atoms with E-state index in [1.807, 2.05) is 0 Å². The minimum absolute atomic E-state index is 0.0614. The van der Waals surface area contributed by atoms with Gasteiger partial charge in [-0.2, -0.15) is 0 Å². The maximum Gasteiger partial charge on any atom is 0.304 e. The Balaban J connectivity index is 3.94. The standard InChI is InChI=1S/C15H24O3/c1-12(2)6-4-7-13(3)8-5-9-14(11-16)10-15(17)18/h6,8,11,14H,4-5,7,9-10H2,1-3H3,(H,17,18)/b13-8+. The molecule has 1 N–H and O–H groups in total. The maximum absolute atomic E-state index is 10.7. The maximum atomic E-state index is 10.7. The van der Waals surface area contributed by atoms with Gasteiger partial charge in [-0.1, -0.05) is 23.3 Å². The summed E-state index contributed by atoms with van der Waals surface area (Å²) in [4.78, 5) is 21.2. The topological polar surface area (TPSA) is 54.4 Å². The molecule has 0 spiro atoms. The fourth-order valence-electron chi connectivity index (χ4n) is 1.68. The van der Waals surface area contributed by atoms with E-state index in [0.717, 1.165) is 25.5 Å².